The van der Waals surface area contributed by atoms with Crippen LogP contribution in [0, 0.1) is 11.8 Å². The van der Waals surface area contributed by atoms with E-state index in [0.29, 0.717) is 5.92 Å². The third-order valence-electron chi connectivity index (χ3n) is 3.98. The van der Waals surface area contributed by atoms with Gasteiger partial charge >= 0.3 is 0 Å². The maximum atomic E-state index is 5.64. The van der Waals surface area contributed by atoms with E-state index in [-0.39, 0.29) is 0 Å². The zero-order chi connectivity index (χ0) is 13.7. The van der Waals surface area contributed by atoms with Gasteiger partial charge in [0.25, 0.3) is 0 Å². The predicted octanol–water partition coefficient (Wildman–Crippen LogP) is 3.82. The van der Waals surface area contributed by atoms with E-state index in [4.69, 9.17) is 4.74 Å². The van der Waals surface area contributed by atoms with E-state index in [9.17, 15) is 0 Å². The second kappa shape index (κ2) is 6.95. The SMILES string of the molecule is CCOc1cccc(C2CCNCC2CC(C)C)c1. The van der Waals surface area contributed by atoms with Gasteiger partial charge in [-0.25, -0.2) is 0 Å². The van der Waals surface area contributed by atoms with E-state index in [1.165, 1.54) is 18.4 Å². The summed E-state index contributed by atoms with van der Waals surface area (Å²) in [4.78, 5) is 0. The lowest BCUT2D eigenvalue weighted by Gasteiger charge is -2.34. The van der Waals surface area contributed by atoms with Crippen LogP contribution in [0.3, 0.4) is 0 Å². The van der Waals surface area contributed by atoms with Gasteiger partial charge in [0, 0.05) is 0 Å². The lowest BCUT2D eigenvalue weighted by molar-refractivity contribution is 0.279. The van der Waals surface area contributed by atoms with E-state index in [1.54, 1.807) is 0 Å². The topological polar surface area (TPSA) is 21.3 Å². The number of benzene rings is 1. The van der Waals surface area contributed by atoms with Crippen LogP contribution in [0.2, 0.25) is 0 Å². The first kappa shape index (κ1) is 14.4. The highest BCUT2D eigenvalue weighted by molar-refractivity contribution is 5.31. The molecule has 0 radical (unpaired) electrons. The summed E-state index contributed by atoms with van der Waals surface area (Å²) in [5.74, 6) is 3.22. The fourth-order valence-corrected chi connectivity index (χ4v) is 3.22. The fraction of sp³-hybridized carbons (Fsp3) is 0.647. The molecule has 1 aliphatic heterocycles. The van der Waals surface area contributed by atoms with Crippen molar-refractivity contribution in [3.05, 3.63) is 29.8 Å². The molecule has 0 saturated carbocycles. The van der Waals surface area contributed by atoms with Crippen molar-refractivity contribution in [1.29, 1.82) is 0 Å². The number of hydrogen-bond acceptors (Lipinski definition) is 2. The van der Waals surface area contributed by atoms with Crippen molar-refractivity contribution in [3.8, 4) is 5.75 Å². The van der Waals surface area contributed by atoms with Gasteiger partial charge < -0.3 is 10.1 Å². The zero-order valence-electron chi connectivity index (χ0n) is 12.5. The van der Waals surface area contributed by atoms with Crippen molar-refractivity contribution in [2.45, 2.75) is 39.5 Å². The summed E-state index contributed by atoms with van der Waals surface area (Å²) in [6.45, 7) is 9.72. The number of ether oxygens (including phenoxy) is 1. The van der Waals surface area contributed by atoms with Crippen molar-refractivity contribution >= 4 is 0 Å². The van der Waals surface area contributed by atoms with Crippen LogP contribution in [0.1, 0.15) is 45.1 Å². The summed E-state index contributed by atoms with van der Waals surface area (Å²) < 4.78 is 5.64. The van der Waals surface area contributed by atoms with Gasteiger partial charge in [-0.2, -0.15) is 0 Å². The Balaban J connectivity index is 2.14. The highest BCUT2D eigenvalue weighted by Gasteiger charge is 2.27. The van der Waals surface area contributed by atoms with Gasteiger partial charge in [-0.05, 0) is 68.3 Å². The van der Waals surface area contributed by atoms with Gasteiger partial charge in [-0.3, -0.25) is 0 Å². The van der Waals surface area contributed by atoms with Crippen molar-refractivity contribution in [2.24, 2.45) is 11.8 Å². The first-order chi connectivity index (χ1) is 9.20. The molecular weight excluding hydrogens is 234 g/mol. The molecule has 1 N–H and O–H groups in total. The molecule has 2 atom stereocenters. The minimum absolute atomic E-state index is 0.684. The van der Waals surface area contributed by atoms with E-state index < -0.39 is 0 Å². The summed E-state index contributed by atoms with van der Waals surface area (Å²) in [5, 5.41) is 3.55. The monoisotopic (exact) mass is 261 g/mol. The van der Waals surface area contributed by atoms with Gasteiger partial charge in [0.2, 0.25) is 0 Å². The van der Waals surface area contributed by atoms with Crippen LogP contribution in [0.5, 0.6) is 5.75 Å². The summed E-state index contributed by atoms with van der Waals surface area (Å²) >= 11 is 0. The predicted molar refractivity (Wildman–Crippen MR) is 80.8 cm³/mol. The van der Waals surface area contributed by atoms with E-state index >= 15 is 0 Å². The van der Waals surface area contributed by atoms with Crippen molar-refractivity contribution < 1.29 is 4.74 Å². The first-order valence-corrected chi connectivity index (χ1v) is 7.64. The maximum Gasteiger partial charge on any atom is 0.119 e. The quantitative estimate of drug-likeness (QED) is 0.870. The molecule has 1 saturated heterocycles. The third-order valence-corrected chi connectivity index (χ3v) is 3.98. The van der Waals surface area contributed by atoms with Crippen molar-refractivity contribution in [3.63, 3.8) is 0 Å². The normalized spacial score (nSPS) is 23.6. The molecule has 1 heterocycles. The fourth-order valence-electron chi connectivity index (χ4n) is 3.22. The van der Waals surface area contributed by atoms with Crippen LogP contribution in [0.25, 0.3) is 0 Å². The van der Waals surface area contributed by atoms with Gasteiger partial charge in [0.1, 0.15) is 5.75 Å². The van der Waals surface area contributed by atoms with Crippen LogP contribution < -0.4 is 10.1 Å². The molecule has 0 aliphatic carbocycles. The number of hydrogen-bond donors (Lipinski definition) is 1. The Morgan fingerprint density at radius 2 is 2.21 bits per heavy atom. The Labute approximate surface area is 117 Å². The Morgan fingerprint density at radius 1 is 1.37 bits per heavy atom. The molecule has 0 amide bonds. The highest BCUT2D eigenvalue weighted by atomic mass is 16.5. The van der Waals surface area contributed by atoms with Gasteiger partial charge in [0.05, 0.1) is 6.61 Å². The standard InChI is InChI=1S/C17H27NO/c1-4-19-16-7-5-6-14(11-16)17-8-9-18-12-15(17)10-13(2)3/h5-7,11,13,15,17-18H,4,8-10,12H2,1-3H3. The summed E-state index contributed by atoms with van der Waals surface area (Å²) in [6.07, 6.45) is 2.55. The average Bonchev–Trinajstić information content (AvgIpc) is 2.39. The first-order valence-electron chi connectivity index (χ1n) is 7.64. The van der Waals surface area contributed by atoms with Crippen LogP contribution in [-0.4, -0.2) is 19.7 Å². The van der Waals surface area contributed by atoms with E-state index in [0.717, 1.165) is 37.3 Å². The molecule has 19 heavy (non-hydrogen) atoms. The Kier molecular flexibility index (Phi) is 5.26. The smallest absolute Gasteiger partial charge is 0.119 e. The molecular formula is C17H27NO. The number of nitrogens with one attached hydrogen (secondary N) is 1. The average molecular weight is 261 g/mol. The van der Waals surface area contributed by atoms with Crippen molar-refractivity contribution in [1.82, 2.24) is 5.32 Å². The molecule has 1 aromatic carbocycles. The van der Waals surface area contributed by atoms with Gasteiger partial charge in [-0.15, -0.1) is 0 Å². The van der Waals surface area contributed by atoms with Crippen LogP contribution in [0.15, 0.2) is 24.3 Å². The lowest BCUT2D eigenvalue weighted by atomic mass is 9.77. The summed E-state index contributed by atoms with van der Waals surface area (Å²) in [6, 6.07) is 8.71. The summed E-state index contributed by atoms with van der Waals surface area (Å²) in [5.41, 5.74) is 1.46. The molecule has 106 valence electrons. The van der Waals surface area contributed by atoms with Crippen LogP contribution in [0.4, 0.5) is 0 Å². The molecule has 2 nitrogen and oxygen atoms in total. The van der Waals surface area contributed by atoms with Crippen LogP contribution >= 0.6 is 0 Å². The molecule has 2 unspecified atom stereocenters. The Hall–Kier alpha value is -1.02. The Morgan fingerprint density at radius 3 is 2.95 bits per heavy atom. The van der Waals surface area contributed by atoms with Gasteiger partial charge in [-0.1, -0.05) is 26.0 Å². The molecule has 0 spiro atoms. The molecule has 1 aliphatic rings. The zero-order valence-corrected chi connectivity index (χ0v) is 12.5. The molecule has 0 bridgehead atoms. The summed E-state index contributed by atoms with van der Waals surface area (Å²) in [7, 11) is 0. The second-order valence-corrected chi connectivity index (χ2v) is 5.99. The number of piperidine rings is 1. The molecule has 0 aromatic heterocycles. The lowest BCUT2D eigenvalue weighted by Crippen LogP contribution is -2.36. The Bertz CT molecular complexity index is 389. The highest BCUT2D eigenvalue weighted by Crippen LogP contribution is 2.35. The minimum Gasteiger partial charge on any atom is -0.494 e. The number of rotatable bonds is 5. The van der Waals surface area contributed by atoms with Crippen LogP contribution in [-0.2, 0) is 0 Å². The third kappa shape index (κ3) is 3.97. The van der Waals surface area contributed by atoms with E-state index in [2.05, 4.69) is 43.4 Å². The van der Waals surface area contributed by atoms with Gasteiger partial charge in [0.15, 0.2) is 0 Å². The second-order valence-electron chi connectivity index (χ2n) is 5.99. The molecule has 1 aromatic rings. The molecule has 2 heteroatoms. The van der Waals surface area contributed by atoms with Crippen molar-refractivity contribution in [2.75, 3.05) is 19.7 Å². The minimum atomic E-state index is 0.684. The molecule has 1 fully saturated rings. The molecule has 2 rings (SSSR count). The largest absolute Gasteiger partial charge is 0.494 e. The van der Waals surface area contributed by atoms with E-state index in [1.807, 2.05) is 6.92 Å². The maximum absolute atomic E-state index is 5.64.